The molecule has 0 saturated heterocycles. The van der Waals surface area contributed by atoms with Gasteiger partial charge in [-0.15, -0.1) is 0 Å². The average Bonchev–Trinajstić information content (AvgIpc) is 3.33. The van der Waals surface area contributed by atoms with Gasteiger partial charge in [0.25, 0.3) is 0 Å². The van der Waals surface area contributed by atoms with Crippen molar-refractivity contribution in [2.75, 3.05) is 5.75 Å². The molecule has 13 heteroatoms. The number of carboxylic acids is 1. The van der Waals surface area contributed by atoms with Crippen molar-refractivity contribution >= 4 is 53.1 Å². The van der Waals surface area contributed by atoms with E-state index in [-0.39, 0.29) is 18.6 Å². The molecular formula is C27H32N6O6S. The summed E-state index contributed by atoms with van der Waals surface area (Å²) in [6, 6.07) is 11.5. The number of fused-ring (bicyclic) bond motifs is 1. The molecule has 2 aromatic carbocycles. The minimum atomic E-state index is -1.49. The first kappa shape index (κ1) is 30.2. The molecule has 0 fully saturated rings. The van der Waals surface area contributed by atoms with E-state index in [1.165, 1.54) is 0 Å². The molecule has 4 amide bonds. The van der Waals surface area contributed by atoms with Crippen LogP contribution in [0.4, 0.5) is 0 Å². The van der Waals surface area contributed by atoms with E-state index >= 15 is 0 Å². The van der Waals surface area contributed by atoms with Crippen molar-refractivity contribution in [1.29, 1.82) is 0 Å². The van der Waals surface area contributed by atoms with Crippen molar-refractivity contribution in [2.24, 2.45) is 11.5 Å². The van der Waals surface area contributed by atoms with Crippen LogP contribution in [-0.4, -0.2) is 69.6 Å². The number of carbonyl (C=O) groups is 5. The Balaban J connectivity index is 1.83. The van der Waals surface area contributed by atoms with Gasteiger partial charge in [-0.25, -0.2) is 4.79 Å². The number of hydrogen-bond acceptors (Lipinski definition) is 7. The molecule has 0 aliphatic carbocycles. The number of primary amides is 1. The highest BCUT2D eigenvalue weighted by Crippen LogP contribution is 2.19. The monoisotopic (exact) mass is 568 g/mol. The van der Waals surface area contributed by atoms with Gasteiger partial charge in [0.2, 0.25) is 23.6 Å². The first-order valence-electron chi connectivity index (χ1n) is 12.5. The molecule has 12 nitrogen and oxygen atoms in total. The summed E-state index contributed by atoms with van der Waals surface area (Å²) in [5.74, 6) is -4.79. The Morgan fingerprint density at radius 3 is 2.08 bits per heavy atom. The minimum Gasteiger partial charge on any atom is -0.480 e. The number of aliphatic carboxylic acids is 1. The van der Waals surface area contributed by atoms with E-state index in [1.54, 1.807) is 6.20 Å². The molecular weight excluding hydrogens is 536 g/mol. The van der Waals surface area contributed by atoms with E-state index in [2.05, 4.69) is 33.6 Å². The van der Waals surface area contributed by atoms with Gasteiger partial charge in [0.15, 0.2) is 0 Å². The SMILES string of the molecule is NC(=O)CC(NC(=O)C(Cc1c[nH]c2ccccc12)NC(=O)C(N)Cc1ccccc1)C(=O)NC(CS)C(=O)O. The Bertz CT molecular complexity index is 1360. The summed E-state index contributed by atoms with van der Waals surface area (Å²) in [5.41, 5.74) is 13.8. The van der Waals surface area contributed by atoms with E-state index < -0.39 is 60.2 Å². The number of carbonyl (C=O) groups excluding carboxylic acids is 4. The normalized spacial score (nSPS) is 13.9. The molecule has 1 heterocycles. The van der Waals surface area contributed by atoms with Gasteiger partial charge in [0, 0.05) is 29.3 Å². The third-order valence-electron chi connectivity index (χ3n) is 6.20. The number of hydrogen-bond donors (Lipinski definition) is 8. The van der Waals surface area contributed by atoms with Gasteiger partial charge < -0.3 is 37.5 Å². The van der Waals surface area contributed by atoms with Crippen molar-refractivity contribution in [1.82, 2.24) is 20.9 Å². The molecule has 0 radical (unpaired) electrons. The first-order valence-corrected chi connectivity index (χ1v) is 13.1. The molecule has 1 aromatic heterocycles. The highest BCUT2D eigenvalue weighted by atomic mass is 32.1. The molecule has 0 aliphatic heterocycles. The van der Waals surface area contributed by atoms with Gasteiger partial charge in [0.05, 0.1) is 12.5 Å². The lowest BCUT2D eigenvalue weighted by Crippen LogP contribution is -2.58. The van der Waals surface area contributed by atoms with E-state index in [0.717, 1.165) is 16.5 Å². The number of aromatic nitrogens is 1. The number of aromatic amines is 1. The molecule has 40 heavy (non-hydrogen) atoms. The van der Waals surface area contributed by atoms with Gasteiger partial charge in [-0.1, -0.05) is 48.5 Å². The van der Waals surface area contributed by atoms with Gasteiger partial charge in [0.1, 0.15) is 18.1 Å². The predicted molar refractivity (Wildman–Crippen MR) is 151 cm³/mol. The molecule has 3 rings (SSSR count). The van der Waals surface area contributed by atoms with Crippen molar-refractivity contribution < 1.29 is 29.1 Å². The Morgan fingerprint density at radius 1 is 0.825 bits per heavy atom. The summed E-state index contributed by atoms with van der Waals surface area (Å²) >= 11 is 3.90. The van der Waals surface area contributed by atoms with E-state index in [4.69, 9.17) is 11.5 Å². The zero-order valence-corrected chi connectivity index (χ0v) is 22.4. The van der Waals surface area contributed by atoms with Crippen molar-refractivity contribution in [2.45, 2.75) is 43.4 Å². The highest BCUT2D eigenvalue weighted by molar-refractivity contribution is 7.80. The van der Waals surface area contributed by atoms with Gasteiger partial charge >= 0.3 is 5.97 Å². The van der Waals surface area contributed by atoms with Gasteiger partial charge in [-0.2, -0.15) is 12.6 Å². The number of nitrogens with one attached hydrogen (secondary N) is 4. The fourth-order valence-corrected chi connectivity index (χ4v) is 4.36. The van der Waals surface area contributed by atoms with Crippen LogP contribution >= 0.6 is 12.6 Å². The number of H-pyrrole nitrogens is 1. The third-order valence-corrected chi connectivity index (χ3v) is 6.57. The number of carboxylic acid groups (broad SMARTS) is 1. The van der Waals surface area contributed by atoms with E-state index in [9.17, 15) is 29.1 Å². The quantitative estimate of drug-likeness (QED) is 0.121. The molecule has 9 N–H and O–H groups in total. The van der Waals surface area contributed by atoms with Crippen molar-refractivity contribution in [3.8, 4) is 0 Å². The van der Waals surface area contributed by atoms with Crippen LogP contribution in [0.2, 0.25) is 0 Å². The number of nitrogens with two attached hydrogens (primary N) is 2. The average molecular weight is 569 g/mol. The minimum absolute atomic E-state index is 0.0267. The standard InChI is InChI=1S/C27H32N6O6S/c28-18(10-15-6-2-1-3-7-15)24(35)31-20(11-16-13-30-19-9-5-4-8-17(16)19)25(36)32-21(12-23(29)34)26(37)33-22(14-40)27(38)39/h1-9,13,18,20-22,30,40H,10-12,14,28H2,(H2,29,34)(H,31,35)(H,32,36)(H,33,37)(H,38,39). The van der Waals surface area contributed by atoms with Crippen LogP contribution in [0.5, 0.6) is 0 Å². The van der Waals surface area contributed by atoms with Crippen molar-refractivity contribution in [3.63, 3.8) is 0 Å². The van der Waals surface area contributed by atoms with Crippen LogP contribution < -0.4 is 27.4 Å². The number of benzene rings is 2. The van der Waals surface area contributed by atoms with Crippen LogP contribution in [-0.2, 0) is 36.8 Å². The number of thiol groups is 1. The Morgan fingerprint density at radius 2 is 1.43 bits per heavy atom. The summed E-state index contributed by atoms with van der Waals surface area (Å²) in [5, 5.41) is 17.4. The summed E-state index contributed by atoms with van der Waals surface area (Å²) in [6.45, 7) is 0. The fraction of sp³-hybridized carbons (Fsp3) is 0.296. The lowest BCUT2D eigenvalue weighted by atomic mass is 10.0. The first-order chi connectivity index (χ1) is 19.1. The zero-order valence-electron chi connectivity index (χ0n) is 21.5. The molecule has 4 unspecified atom stereocenters. The molecule has 0 bridgehead atoms. The second-order valence-corrected chi connectivity index (χ2v) is 9.60. The molecule has 0 spiro atoms. The largest absolute Gasteiger partial charge is 0.480 e. The smallest absolute Gasteiger partial charge is 0.327 e. The number of para-hydroxylation sites is 1. The zero-order chi connectivity index (χ0) is 29.2. The Labute approximate surface area is 235 Å². The summed E-state index contributed by atoms with van der Waals surface area (Å²) in [6.07, 6.45) is 1.36. The maximum absolute atomic E-state index is 13.5. The molecule has 4 atom stereocenters. The summed E-state index contributed by atoms with van der Waals surface area (Å²) < 4.78 is 0. The topological polar surface area (TPSA) is 209 Å². The molecule has 0 aliphatic rings. The van der Waals surface area contributed by atoms with Crippen LogP contribution in [0.25, 0.3) is 10.9 Å². The maximum Gasteiger partial charge on any atom is 0.327 e. The highest BCUT2D eigenvalue weighted by Gasteiger charge is 2.31. The number of rotatable bonds is 14. The Hall–Kier alpha value is -4.36. The second-order valence-electron chi connectivity index (χ2n) is 9.23. The number of amides is 4. The lowest BCUT2D eigenvalue weighted by molar-refractivity contribution is -0.141. The maximum atomic E-state index is 13.5. The van der Waals surface area contributed by atoms with Crippen LogP contribution in [0, 0.1) is 0 Å². The fourth-order valence-electron chi connectivity index (χ4n) is 4.11. The second kappa shape index (κ2) is 14.1. The molecule has 0 saturated carbocycles. The predicted octanol–water partition coefficient (Wildman–Crippen LogP) is -0.375. The van der Waals surface area contributed by atoms with Gasteiger partial charge in [-0.05, 0) is 23.6 Å². The van der Waals surface area contributed by atoms with E-state index in [0.29, 0.717) is 5.56 Å². The summed E-state index contributed by atoms with van der Waals surface area (Å²) in [4.78, 5) is 65.4. The van der Waals surface area contributed by atoms with E-state index in [1.807, 2.05) is 54.6 Å². The summed E-state index contributed by atoms with van der Waals surface area (Å²) in [7, 11) is 0. The van der Waals surface area contributed by atoms with Gasteiger partial charge in [-0.3, -0.25) is 19.2 Å². The lowest BCUT2D eigenvalue weighted by Gasteiger charge is -2.24. The Kier molecular flexibility index (Phi) is 10.7. The van der Waals surface area contributed by atoms with Crippen LogP contribution in [0.3, 0.4) is 0 Å². The molecule has 3 aromatic rings. The molecule has 212 valence electrons. The third kappa shape index (κ3) is 8.32. The van der Waals surface area contributed by atoms with Crippen molar-refractivity contribution in [3.05, 3.63) is 71.9 Å². The van der Waals surface area contributed by atoms with Crippen LogP contribution in [0.1, 0.15) is 17.5 Å². The van der Waals surface area contributed by atoms with Crippen LogP contribution in [0.15, 0.2) is 60.8 Å².